The van der Waals surface area contributed by atoms with Crippen molar-refractivity contribution < 1.29 is 4.73 Å². The van der Waals surface area contributed by atoms with Crippen LogP contribution in [0, 0.1) is 12.1 Å². The van der Waals surface area contributed by atoms with Crippen LogP contribution >= 0.6 is 0 Å². The van der Waals surface area contributed by atoms with E-state index in [1.54, 1.807) is 0 Å². The van der Waals surface area contributed by atoms with Crippen LogP contribution in [0.25, 0.3) is 0 Å². The lowest BCUT2D eigenvalue weighted by Crippen LogP contribution is -2.36. The maximum Gasteiger partial charge on any atom is 0.196 e. The molecule has 0 N–H and O–H groups in total. The van der Waals surface area contributed by atoms with Crippen molar-refractivity contribution in [3.63, 3.8) is 0 Å². The van der Waals surface area contributed by atoms with Gasteiger partial charge in [0.15, 0.2) is 11.4 Å². The molecule has 70 valence electrons. The Hall–Kier alpha value is -1.05. The molecule has 1 heterocycles. The monoisotopic (exact) mass is 177 g/mol. The van der Waals surface area contributed by atoms with Crippen LogP contribution in [0.3, 0.4) is 0 Å². The van der Waals surface area contributed by atoms with E-state index in [1.165, 1.54) is 24.8 Å². The van der Waals surface area contributed by atoms with Crippen molar-refractivity contribution in [1.82, 2.24) is 0 Å². The van der Waals surface area contributed by atoms with Gasteiger partial charge in [-0.05, 0) is 25.3 Å². The fourth-order valence-corrected chi connectivity index (χ4v) is 2.00. The maximum atomic E-state index is 11.7. The predicted octanol–water partition coefficient (Wildman–Crippen LogP) is 1.90. The molecule has 0 unspecified atom stereocenters. The van der Waals surface area contributed by atoms with Gasteiger partial charge in [0.2, 0.25) is 0 Å². The van der Waals surface area contributed by atoms with Crippen molar-refractivity contribution in [1.29, 1.82) is 0 Å². The molecule has 1 aliphatic rings. The Labute approximate surface area is 78.8 Å². The van der Waals surface area contributed by atoms with E-state index >= 15 is 0 Å². The summed E-state index contributed by atoms with van der Waals surface area (Å²) in [5.74, 6) is 0. The molecule has 2 rings (SSSR count). The fraction of sp³-hybridized carbons (Fsp3) is 0.545. The Morgan fingerprint density at radius 2 is 1.92 bits per heavy atom. The van der Waals surface area contributed by atoms with Crippen molar-refractivity contribution in [3.8, 4) is 0 Å². The smallest absolute Gasteiger partial charge is 0.196 e. The fourth-order valence-electron chi connectivity index (χ4n) is 2.00. The molecule has 0 fully saturated rings. The minimum absolute atomic E-state index is 0.820. The van der Waals surface area contributed by atoms with Crippen LogP contribution in [-0.4, -0.2) is 0 Å². The highest BCUT2D eigenvalue weighted by Gasteiger charge is 2.16. The van der Waals surface area contributed by atoms with E-state index in [0.717, 1.165) is 29.0 Å². The highest BCUT2D eigenvalue weighted by atomic mass is 16.5. The quantitative estimate of drug-likeness (QED) is 0.338. The molecule has 0 bridgehead atoms. The lowest BCUT2D eigenvalue weighted by Gasteiger charge is -2.08. The molecule has 0 spiro atoms. The van der Waals surface area contributed by atoms with Crippen LogP contribution in [0.2, 0.25) is 0 Å². The van der Waals surface area contributed by atoms with Crippen LogP contribution in [0.5, 0.6) is 0 Å². The summed E-state index contributed by atoms with van der Waals surface area (Å²) >= 11 is 0. The standard InChI is InChI=1S/C11H15NO/c1-9-7-8-10-5-3-2-4-6-11(10)12(9)13/h7-8H,2-6H2,1H3. The second-order valence-corrected chi connectivity index (χ2v) is 3.80. The summed E-state index contributed by atoms with van der Waals surface area (Å²) in [6.07, 6.45) is 5.70. The van der Waals surface area contributed by atoms with Crippen LogP contribution < -0.4 is 4.73 Å². The Balaban J connectivity index is 2.48. The summed E-state index contributed by atoms with van der Waals surface area (Å²) in [6.45, 7) is 1.87. The van der Waals surface area contributed by atoms with E-state index in [-0.39, 0.29) is 0 Å². The first kappa shape index (κ1) is 8.54. The normalized spacial score (nSPS) is 16.4. The van der Waals surface area contributed by atoms with Crippen molar-refractivity contribution >= 4 is 0 Å². The summed E-state index contributed by atoms with van der Waals surface area (Å²) in [5, 5.41) is 11.7. The molecule has 0 aromatic carbocycles. The zero-order valence-electron chi connectivity index (χ0n) is 8.05. The number of aryl methyl sites for hydroxylation is 2. The summed E-state index contributed by atoms with van der Waals surface area (Å²) in [6, 6.07) is 4.04. The van der Waals surface area contributed by atoms with E-state index in [4.69, 9.17) is 0 Å². The van der Waals surface area contributed by atoms with E-state index in [9.17, 15) is 5.21 Å². The number of rotatable bonds is 0. The second-order valence-electron chi connectivity index (χ2n) is 3.80. The minimum Gasteiger partial charge on any atom is -0.618 e. The van der Waals surface area contributed by atoms with Crippen LogP contribution in [-0.2, 0) is 12.8 Å². The number of fused-ring (bicyclic) bond motifs is 1. The van der Waals surface area contributed by atoms with Gasteiger partial charge in [0.05, 0.1) is 0 Å². The average Bonchev–Trinajstić information content (AvgIpc) is 2.36. The molecule has 13 heavy (non-hydrogen) atoms. The van der Waals surface area contributed by atoms with Gasteiger partial charge in [-0.2, -0.15) is 4.73 Å². The molecule has 0 saturated carbocycles. The molecule has 0 atom stereocenters. The first-order chi connectivity index (χ1) is 6.29. The van der Waals surface area contributed by atoms with Crippen LogP contribution in [0.15, 0.2) is 12.1 Å². The van der Waals surface area contributed by atoms with Gasteiger partial charge in [0.25, 0.3) is 0 Å². The second kappa shape index (κ2) is 3.36. The zero-order chi connectivity index (χ0) is 9.26. The van der Waals surface area contributed by atoms with E-state index in [0.29, 0.717) is 0 Å². The van der Waals surface area contributed by atoms with E-state index in [2.05, 4.69) is 6.07 Å². The lowest BCUT2D eigenvalue weighted by atomic mass is 10.1. The summed E-state index contributed by atoms with van der Waals surface area (Å²) in [5.41, 5.74) is 3.09. The van der Waals surface area contributed by atoms with Gasteiger partial charge in [-0.15, -0.1) is 0 Å². The first-order valence-corrected chi connectivity index (χ1v) is 5.00. The van der Waals surface area contributed by atoms with Crippen molar-refractivity contribution in [2.75, 3.05) is 0 Å². The van der Waals surface area contributed by atoms with E-state index < -0.39 is 0 Å². The third kappa shape index (κ3) is 1.53. The van der Waals surface area contributed by atoms with Gasteiger partial charge >= 0.3 is 0 Å². The Morgan fingerprint density at radius 1 is 1.15 bits per heavy atom. The van der Waals surface area contributed by atoms with Gasteiger partial charge < -0.3 is 5.21 Å². The third-order valence-corrected chi connectivity index (χ3v) is 2.82. The summed E-state index contributed by atoms with van der Waals surface area (Å²) in [7, 11) is 0. The van der Waals surface area contributed by atoms with Gasteiger partial charge in [0, 0.05) is 25.0 Å². The highest BCUT2D eigenvalue weighted by molar-refractivity contribution is 5.19. The Morgan fingerprint density at radius 3 is 2.77 bits per heavy atom. The van der Waals surface area contributed by atoms with E-state index in [1.807, 2.05) is 13.0 Å². The third-order valence-electron chi connectivity index (χ3n) is 2.82. The molecule has 1 aromatic rings. The molecule has 0 aliphatic heterocycles. The minimum atomic E-state index is 0.820. The average molecular weight is 177 g/mol. The van der Waals surface area contributed by atoms with Gasteiger partial charge in [-0.3, -0.25) is 0 Å². The molecular formula is C11H15NO. The van der Waals surface area contributed by atoms with Crippen LogP contribution in [0.4, 0.5) is 0 Å². The number of aromatic nitrogens is 1. The molecule has 0 saturated heterocycles. The molecule has 0 amide bonds. The van der Waals surface area contributed by atoms with Gasteiger partial charge in [0.1, 0.15) is 0 Å². The lowest BCUT2D eigenvalue weighted by molar-refractivity contribution is -0.621. The summed E-state index contributed by atoms with van der Waals surface area (Å²) < 4.78 is 1.11. The van der Waals surface area contributed by atoms with Crippen molar-refractivity contribution in [2.24, 2.45) is 0 Å². The van der Waals surface area contributed by atoms with Crippen molar-refractivity contribution in [2.45, 2.75) is 39.0 Å². The number of hydrogen-bond acceptors (Lipinski definition) is 1. The topological polar surface area (TPSA) is 26.9 Å². The number of nitrogens with zero attached hydrogens (tertiary/aromatic N) is 1. The Bertz CT molecular complexity index is 320. The molecule has 1 aromatic heterocycles. The molecule has 1 aliphatic carbocycles. The Kier molecular flexibility index (Phi) is 2.21. The zero-order valence-corrected chi connectivity index (χ0v) is 8.05. The predicted molar refractivity (Wildman–Crippen MR) is 51.4 cm³/mol. The van der Waals surface area contributed by atoms with Gasteiger partial charge in [-0.1, -0.05) is 6.42 Å². The highest BCUT2D eigenvalue weighted by Crippen LogP contribution is 2.17. The summed E-state index contributed by atoms with van der Waals surface area (Å²) in [4.78, 5) is 0. The largest absolute Gasteiger partial charge is 0.618 e. The van der Waals surface area contributed by atoms with Crippen LogP contribution in [0.1, 0.15) is 36.2 Å². The molecule has 2 heteroatoms. The van der Waals surface area contributed by atoms with Gasteiger partial charge in [-0.25, -0.2) is 0 Å². The molecular weight excluding hydrogens is 162 g/mol. The number of pyridine rings is 1. The molecule has 0 radical (unpaired) electrons. The molecule has 2 nitrogen and oxygen atoms in total. The number of hydrogen-bond donors (Lipinski definition) is 0. The van der Waals surface area contributed by atoms with Crippen molar-refractivity contribution in [3.05, 3.63) is 34.3 Å². The first-order valence-electron chi connectivity index (χ1n) is 5.00. The maximum absolute atomic E-state index is 11.7. The SMILES string of the molecule is Cc1ccc2c([n+]1[O-])CCCCC2.